The fourth-order valence-electron chi connectivity index (χ4n) is 4.07. The number of furan rings is 2. The molecule has 5 rings (SSSR count). The molecular formula is C28H23NO5. The second kappa shape index (κ2) is 8.23. The summed E-state index contributed by atoms with van der Waals surface area (Å²) >= 11 is 0. The van der Waals surface area contributed by atoms with E-state index < -0.39 is 5.91 Å². The highest BCUT2D eigenvalue weighted by molar-refractivity contribution is 6.19. The minimum absolute atomic E-state index is 0.0557. The highest BCUT2D eigenvalue weighted by Crippen LogP contribution is 2.34. The van der Waals surface area contributed by atoms with E-state index >= 15 is 0 Å². The van der Waals surface area contributed by atoms with E-state index in [0.717, 1.165) is 22.1 Å². The third-order valence-electron chi connectivity index (χ3n) is 6.15. The number of methoxy groups -OCH3 is 1. The summed E-state index contributed by atoms with van der Waals surface area (Å²) in [6.45, 7) is 5.88. The van der Waals surface area contributed by atoms with Gasteiger partial charge in [-0.1, -0.05) is 12.1 Å². The maximum atomic E-state index is 13.3. The van der Waals surface area contributed by atoms with Gasteiger partial charge in [-0.05, 0) is 80.4 Å². The van der Waals surface area contributed by atoms with Crippen molar-refractivity contribution in [3.63, 3.8) is 0 Å². The first kappa shape index (κ1) is 21.5. The normalized spacial score (nSPS) is 11.2. The van der Waals surface area contributed by atoms with Crippen molar-refractivity contribution in [2.75, 3.05) is 12.4 Å². The Balaban J connectivity index is 1.57. The molecule has 0 saturated carbocycles. The molecule has 170 valence electrons. The largest absolute Gasteiger partial charge is 0.497 e. The van der Waals surface area contributed by atoms with Crippen molar-refractivity contribution >= 4 is 39.3 Å². The molecule has 2 aromatic heterocycles. The molecule has 0 saturated heterocycles. The van der Waals surface area contributed by atoms with Gasteiger partial charge in [-0.2, -0.15) is 0 Å². The summed E-state index contributed by atoms with van der Waals surface area (Å²) in [5.41, 5.74) is 4.83. The van der Waals surface area contributed by atoms with E-state index in [2.05, 4.69) is 5.32 Å². The van der Waals surface area contributed by atoms with Crippen LogP contribution in [0.15, 0.2) is 69.5 Å². The van der Waals surface area contributed by atoms with Crippen molar-refractivity contribution in [2.24, 2.45) is 0 Å². The van der Waals surface area contributed by atoms with Crippen LogP contribution in [0.2, 0.25) is 0 Å². The molecule has 5 aromatic rings. The molecule has 1 N–H and O–H groups in total. The number of carbonyl (C=O) groups excluding carboxylic acids is 2. The number of aryl methyl sites for hydroxylation is 3. The van der Waals surface area contributed by atoms with E-state index in [4.69, 9.17) is 13.6 Å². The number of nitrogens with one attached hydrogen (secondary N) is 1. The lowest BCUT2D eigenvalue weighted by atomic mass is 10.0. The van der Waals surface area contributed by atoms with Crippen LogP contribution < -0.4 is 10.1 Å². The van der Waals surface area contributed by atoms with Gasteiger partial charge in [0, 0.05) is 21.9 Å². The zero-order chi connectivity index (χ0) is 24.0. The molecule has 0 atom stereocenters. The van der Waals surface area contributed by atoms with Crippen LogP contribution in [-0.4, -0.2) is 18.8 Å². The fraction of sp³-hybridized carbons (Fsp3) is 0.143. The molecule has 6 nitrogen and oxygen atoms in total. The van der Waals surface area contributed by atoms with Crippen molar-refractivity contribution in [3.8, 4) is 5.75 Å². The summed E-state index contributed by atoms with van der Waals surface area (Å²) in [7, 11) is 1.56. The first-order chi connectivity index (χ1) is 16.4. The van der Waals surface area contributed by atoms with Crippen molar-refractivity contribution < 1.29 is 23.2 Å². The van der Waals surface area contributed by atoms with Crippen LogP contribution in [0.3, 0.4) is 0 Å². The predicted octanol–water partition coefficient (Wildman–Crippen LogP) is 6.60. The molecule has 0 aliphatic carbocycles. The van der Waals surface area contributed by atoms with Gasteiger partial charge in [0.2, 0.25) is 5.78 Å². The Kier molecular flexibility index (Phi) is 5.21. The molecule has 6 heteroatoms. The third-order valence-corrected chi connectivity index (χ3v) is 6.15. The SMILES string of the molecule is COc1ccc(C(=O)c2oc3ccccc3c2NC(=O)c2oc3cc(C)c(C)cc3c2C)cc1. The highest BCUT2D eigenvalue weighted by Gasteiger charge is 2.26. The van der Waals surface area contributed by atoms with Crippen LogP contribution in [0.25, 0.3) is 21.9 Å². The van der Waals surface area contributed by atoms with E-state index in [-0.39, 0.29) is 17.3 Å². The Labute approximate surface area is 196 Å². The number of fused-ring (bicyclic) bond motifs is 2. The van der Waals surface area contributed by atoms with Gasteiger partial charge in [-0.15, -0.1) is 0 Å². The van der Waals surface area contributed by atoms with E-state index in [1.165, 1.54) is 0 Å². The average Bonchev–Trinajstić information content (AvgIpc) is 3.37. The quantitative estimate of drug-likeness (QED) is 0.303. The number of rotatable bonds is 5. The van der Waals surface area contributed by atoms with Gasteiger partial charge < -0.3 is 18.9 Å². The molecule has 0 fully saturated rings. The first-order valence-electron chi connectivity index (χ1n) is 10.9. The molecule has 1 amide bonds. The number of amides is 1. The molecule has 3 aromatic carbocycles. The van der Waals surface area contributed by atoms with Crippen molar-refractivity contribution in [1.29, 1.82) is 0 Å². The van der Waals surface area contributed by atoms with Crippen LogP contribution in [-0.2, 0) is 0 Å². The number of benzene rings is 3. The number of para-hydroxylation sites is 1. The van der Waals surface area contributed by atoms with Crippen LogP contribution >= 0.6 is 0 Å². The molecule has 0 radical (unpaired) electrons. The number of ketones is 1. The standard InChI is InChI=1S/C28H23NO5/c1-15-13-21-17(3)26(34-23(21)14-16(15)2)28(31)29-24-20-7-5-6-8-22(20)33-27(24)25(30)18-9-11-19(32-4)12-10-18/h5-14H,1-4H3,(H,29,31). The number of carbonyl (C=O) groups is 2. The van der Waals surface area contributed by atoms with E-state index in [0.29, 0.717) is 33.6 Å². The third kappa shape index (κ3) is 3.53. The van der Waals surface area contributed by atoms with E-state index in [9.17, 15) is 9.59 Å². The summed E-state index contributed by atoms with van der Waals surface area (Å²) in [6, 6.07) is 17.9. The fourth-order valence-corrected chi connectivity index (χ4v) is 4.07. The van der Waals surface area contributed by atoms with Gasteiger partial charge in [0.15, 0.2) is 11.5 Å². The van der Waals surface area contributed by atoms with Crippen LogP contribution in [0.5, 0.6) is 5.75 Å². The Hall–Kier alpha value is -4.32. The Morgan fingerprint density at radius 1 is 0.794 bits per heavy atom. The summed E-state index contributed by atoms with van der Waals surface area (Å²) in [5.74, 6) is 0.106. The average molecular weight is 453 g/mol. The maximum absolute atomic E-state index is 13.3. The Bertz CT molecular complexity index is 1570. The summed E-state index contributed by atoms with van der Waals surface area (Å²) < 4.78 is 17.0. The second-order valence-corrected chi connectivity index (χ2v) is 8.30. The maximum Gasteiger partial charge on any atom is 0.291 e. The lowest BCUT2D eigenvalue weighted by Gasteiger charge is -2.06. The van der Waals surface area contributed by atoms with E-state index in [1.54, 1.807) is 43.5 Å². The molecule has 0 aliphatic rings. The van der Waals surface area contributed by atoms with Gasteiger partial charge in [-0.25, -0.2) is 0 Å². The van der Waals surface area contributed by atoms with Crippen LogP contribution in [0.1, 0.15) is 43.4 Å². The number of hydrogen-bond acceptors (Lipinski definition) is 5. The van der Waals surface area contributed by atoms with Gasteiger partial charge in [0.1, 0.15) is 16.9 Å². The molecular weight excluding hydrogens is 430 g/mol. The van der Waals surface area contributed by atoms with Gasteiger partial charge >= 0.3 is 0 Å². The lowest BCUT2D eigenvalue weighted by molar-refractivity contribution is 0.0997. The molecule has 2 heterocycles. The van der Waals surface area contributed by atoms with Gasteiger partial charge in [0.25, 0.3) is 5.91 Å². The van der Waals surface area contributed by atoms with Crippen molar-refractivity contribution in [1.82, 2.24) is 0 Å². The first-order valence-corrected chi connectivity index (χ1v) is 10.9. The van der Waals surface area contributed by atoms with Crippen LogP contribution in [0, 0.1) is 20.8 Å². The minimum Gasteiger partial charge on any atom is -0.497 e. The summed E-state index contributed by atoms with van der Waals surface area (Å²) in [4.78, 5) is 26.7. The zero-order valence-corrected chi connectivity index (χ0v) is 19.3. The van der Waals surface area contributed by atoms with E-state index in [1.807, 2.05) is 45.0 Å². The molecule has 0 spiro atoms. The number of anilines is 1. The monoisotopic (exact) mass is 453 g/mol. The molecule has 0 unspecified atom stereocenters. The second-order valence-electron chi connectivity index (χ2n) is 8.30. The van der Waals surface area contributed by atoms with Crippen LogP contribution in [0.4, 0.5) is 5.69 Å². The zero-order valence-electron chi connectivity index (χ0n) is 19.3. The molecule has 34 heavy (non-hydrogen) atoms. The Morgan fingerprint density at radius 2 is 1.47 bits per heavy atom. The number of ether oxygens (including phenoxy) is 1. The molecule has 0 bridgehead atoms. The summed E-state index contributed by atoms with van der Waals surface area (Å²) in [5, 5.41) is 4.40. The molecule has 0 aliphatic heterocycles. The van der Waals surface area contributed by atoms with Gasteiger partial charge in [-0.3, -0.25) is 9.59 Å². The smallest absolute Gasteiger partial charge is 0.291 e. The highest BCUT2D eigenvalue weighted by atomic mass is 16.5. The predicted molar refractivity (Wildman–Crippen MR) is 131 cm³/mol. The van der Waals surface area contributed by atoms with Crippen molar-refractivity contribution in [2.45, 2.75) is 20.8 Å². The summed E-state index contributed by atoms with van der Waals surface area (Å²) in [6.07, 6.45) is 0. The Morgan fingerprint density at radius 3 is 2.21 bits per heavy atom. The van der Waals surface area contributed by atoms with Crippen molar-refractivity contribution in [3.05, 3.63) is 94.4 Å². The van der Waals surface area contributed by atoms with Gasteiger partial charge in [0.05, 0.1) is 12.8 Å². The lowest BCUT2D eigenvalue weighted by Crippen LogP contribution is -2.14. The number of hydrogen-bond donors (Lipinski definition) is 1. The minimum atomic E-state index is -0.445. The topological polar surface area (TPSA) is 81.7 Å².